The first-order valence-corrected chi connectivity index (χ1v) is 8.12. The third kappa shape index (κ3) is 3.54. The molecular formula is C16H23BrN2O. The number of nitrogens with one attached hydrogen (secondary N) is 1. The van der Waals surface area contributed by atoms with E-state index in [4.69, 9.17) is 5.73 Å². The first-order chi connectivity index (χ1) is 9.49. The number of rotatable bonds is 3. The molecule has 0 aromatic heterocycles. The molecule has 0 radical (unpaired) electrons. The predicted octanol–water partition coefficient (Wildman–Crippen LogP) is 3.90. The van der Waals surface area contributed by atoms with Crippen LogP contribution in [0.1, 0.15) is 48.5 Å². The molecule has 0 saturated heterocycles. The number of nitrogens with two attached hydrogens (primary N) is 1. The third-order valence-corrected chi connectivity index (χ3v) is 4.93. The third-order valence-electron chi connectivity index (χ3n) is 4.47. The minimum atomic E-state index is -0.0201. The van der Waals surface area contributed by atoms with Gasteiger partial charge in [-0.05, 0) is 42.9 Å². The fraction of sp³-hybridized carbons (Fsp3) is 0.562. The summed E-state index contributed by atoms with van der Waals surface area (Å²) in [6.07, 6.45) is 5.12. The van der Waals surface area contributed by atoms with Gasteiger partial charge in [-0.3, -0.25) is 4.79 Å². The van der Waals surface area contributed by atoms with Crippen LogP contribution in [-0.4, -0.2) is 12.5 Å². The van der Waals surface area contributed by atoms with Crippen molar-refractivity contribution in [2.45, 2.75) is 39.5 Å². The first kappa shape index (κ1) is 15.4. The summed E-state index contributed by atoms with van der Waals surface area (Å²) in [5.74, 6) is 1.29. The molecule has 1 aliphatic carbocycles. The minimum absolute atomic E-state index is 0.0201. The van der Waals surface area contributed by atoms with Crippen LogP contribution >= 0.6 is 15.9 Å². The number of anilines is 1. The van der Waals surface area contributed by atoms with Gasteiger partial charge in [-0.2, -0.15) is 0 Å². The Morgan fingerprint density at radius 1 is 1.40 bits per heavy atom. The molecule has 0 aliphatic heterocycles. The molecule has 2 unspecified atom stereocenters. The summed E-state index contributed by atoms with van der Waals surface area (Å²) in [4.78, 5) is 12.3. The highest BCUT2D eigenvalue weighted by molar-refractivity contribution is 9.10. The van der Waals surface area contributed by atoms with Crippen molar-refractivity contribution in [1.29, 1.82) is 0 Å². The summed E-state index contributed by atoms with van der Waals surface area (Å²) in [6.45, 7) is 4.95. The van der Waals surface area contributed by atoms with Gasteiger partial charge in [0.05, 0.1) is 0 Å². The molecule has 110 valence electrons. The van der Waals surface area contributed by atoms with Gasteiger partial charge in [0, 0.05) is 22.3 Å². The van der Waals surface area contributed by atoms with Gasteiger partial charge in [0.15, 0.2) is 0 Å². The molecule has 3 nitrogen and oxygen atoms in total. The van der Waals surface area contributed by atoms with Crippen LogP contribution in [-0.2, 0) is 0 Å². The monoisotopic (exact) mass is 338 g/mol. The van der Waals surface area contributed by atoms with E-state index in [0.717, 1.165) is 16.6 Å². The van der Waals surface area contributed by atoms with Crippen molar-refractivity contribution in [2.24, 2.45) is 11.8 Å². The molecule has 1 amide bonds. The van der Waals surface area contributed by atoms with E-state index in [9.17, 15) is 4.79 Å². The van der Waals surface area contributed by atoms with Gasteiger partial charge in [0.25, 0.3) is 5.91 Å². The summed E-state index contributed by atoms with van der Waals surface area (Å²) >= 11 is 3.39. The number of nitrogen functional groups attached to an aromatic ring is 1. The van der Waals surface area contributed by atoms with Crippen LogP contribution in [0, 0.1) is 18.8 Å². The highest BCUT2D eigenvalue weighted by Crippen LogP contribution is 2.29. The SMILES string of the molecule is Cc1c(N)cc(Br)cc1C(=O)NCC1CCCCC1C. The minimum Gasteiger partial charge on any atom is -0.398 e. The number of hydrogen-bond donors (Lipinski definition) is 2. The smallest absolute Gasteiger partial charge is 0.251 e. The lowest BCUT2D eigenvalue weighted by Crippen LogP contribution is -2.33. The normalized spacial score (nSPS) is 22.6. The zero-order chi connectivity index (χ0) is 14.7. The molecule has 2 rings (SSSR count). The summed E-state index contributed by atoms with van der Waals surface area (Å²) < 4.78 is 0.844. The van der Waals surface area contributed by atoms with E-state index in [1.165, 1.54) is 25.7 Å². The Labute approximate surface area is 129 Å². The van der Waals surface area contributed by atoms with Crippen LogP contribution in [0.5, 0.6) is 0 Å². The van der Waals surface area contributed by atoms with E-state index in [1.807, 2.05) is 19.1 Å². The van der Waals surface area contributed by atoms with Crippen molar-refractivity contribution in [3.63, 3.8) is 0 Å². The van der Waals surface area contributed by atoms with Crippen LogP contribution in [0.3, 0.4) is 0 Å². The lowest BCUT2D eigenvalue weighted by molar-refractivity contribution is 0.0936. The molecule has 1 aromatic carbocycles. The molecule has 1 aliphatic rings. The number of benzene rings is 1. The highest BCUT2D eigenvalue weighted by atomic mass is 79.9. The zero-order valence-electron chi connectivity index (χ0n) is 12.2. The Bertz CT molecular complexity index is 501. The number of carbonyl (C=O) groups excluding carboxylic acids is 1. The Kier molecular flexibility index (Phi) is 5.08. The van der Waals surface area contributed by atoms with E-state index in [0.29, 0.717) is 23.1 Å². The fourth-order valence-electron chi connectivity index (χ4n) is 2.95. The number of halogens is 1. The van der Waals surface area contributed by atoms with Crippen LogP contribution < -0.4 is 11.1 Å². The first-order valence-electron chi connectivity index (χ1n) is 7.33. The summed E-state index contributed by atoms with van der Waals surface area (Å²) in [5, 5.41) is 3.08. The van der Waals surface area contributed by atoms with E-state index in [1.54, 1.807) is 0 Å². The van der Waals surface area contributed by atoms with Gasteiger partial charge in [0.1, 0.15) is 0 Å². The summed E-state index contributed by atoms with van der Waals surface area (Å²) in [6, 6.07) is 3.67. The van der Waals surface area contributed by atoms with E-state index < -0.39 is 0 Å². The van der Waals surface area contributed by atoms with Gasteiger partial charge < -0.3 is 11.1 Å². The molecule has 0 bridgehead atoms. The van der Waals surface area contributed by atoms with Crippen molar-refractivity contribution in [1.82, 2.24) is 5.32 Å². The van der Waals surface area contributed by atoms with Crippen molar-refractivity contribution in [2.75, 3.05) is 12.3 Å². The van der Waals surface area contributed by atoms with Gasteiger partial charge in [-0.15, -0.1) is 0 Å². The molecule has 1 fully saturated rings. The Hall–Kier alpha value is -1.03. The Balaban J connectivity index is 2.01. The van der Waals surface area contributed by atoms with E-state index in [2.05, 4.69) is 28.2 Å². The molecule has 1 aromatic rings. The maximum Gasteiger partial charge on any atom is 0.251 e. The molecule has 3 N–H and O–H groups in total. The average molecular weight is 339 g/mol. The van der Waals surface area contributed by atoms with Crippen molar-refractivity contribution < 1.29 is 4.79 Å². The standard InChI is InChI=1S/C16H23BrN2O/c1-10-5-3-4-6-12(10)9-19-16(20)14-7-13(17)8-15(18)11(14)2/h7-8,10,12H,3-6,9,18H2,1-2H3,(H,19,20). The highest BCUT2D eigenvalue weighted by Gasteiger charge is 2.22. The van der Waals surface area contributed by atoms with Crippen LogP contribution in [0.15, 0.2) is 16.6 Å². The molecule has 4 heteroatoms. The topological polar surface area (TPSA) is 55.1 Å². The molecule has 2 atom stereocenters. The van der Waals surface area contributed by atoms with E-state index in [-0.39, 0.29) is 5.91 Å². The maximum atomic E-state index is 12.3. The number of hydrogen-bond acceptors (Lipinski definition) is 2. The molecular weight excluding hydrogens is 316 g/mol. The second-order valence-corrected chi connectivity index (χ2v) is 6.82. The zero-order valence-corrected chi connectivity index (χ0v) is 13.8. The van der Waals surface area contributed by atoms with Crippen LogP contribution in [0.4, 0.5) is 5.69 Å². The van der Waals surface area contributed by atoms with E-state index >= 15 is 0 Å². The van der Waals surface area contributed by atoms with Gasteiger partial charge >= 0.3 is 0 Å². The molecule has 20 heavy (non-hydrogen) atoms. The maximum absolute atomic E-state index is 12.3. The van der Waals surface area contributed by atoms with Gasteiger partial charge in [-0.25, -0.2) is 0 Å². The molecule has 1 saturated carbocycles. The quantitative estimate of drug-likeness (QED) is 0.821. The second-order valence-electron chi connectivity index (χ2n) is 5.90. The Morgan fingerprint density at radius 2 is 2.10 bits per heavy atom. The number of amides is 1. The second kappa shape index (κ2) is 6.61. The van der Waals surface area contributed by atoms with Crippen molar-refractivity contribution in [3.05, 3.63) is 27.7 Å². The lowest BCUT2D eigenvalue weighted by atomic mass is 9.80. The molecule has 0 spiro atoms. The molecule has 0 heterocycles. The average Bonchev–Trinajstić information content (AvgIpc) is 2.41. The van der Waals surface area contributed by atoms with Gasteiger partial charge in [-0.1, -0.05) is 42.1 Å². The largest absolute Gasteiger partial charge is 0.398 e. The number of carbonyl (C=O) groups is 1. The van der Waals surface area contributed by atoms with Crippen LogP contribution in [0.2, 0.25) is 0 Å². The predicted molar refractivity (Wildman–Crippen MR) is 86.7 cm³/mol. The van der Waals surface area contributed by atoms with Gasteiger partial charge in [0.2, 0.25) is 0 Å². The fourth-order valence-corrected chi connectivity index (χ4v) is 3.43. The van der Waals surface area contributed by atoms with Crippen molar-refractivity contribution >= 4 is 27.5 Å². The van der Waals surface area contributed by atoms with Crippen molar-refractivity contribution in [3.8, 4) is 0 Å². The summed E-state index contributed by atoms with van der Waals surface area (Å²) in [5.41, 5.74) is 8.08. The Morgan fingerprint density at radius 3 is 2.80 bits per heavy atom. The summed E-state index contributed by atoms with van der Waals surface area (Å²) in [7, 11) is 0. The lowest BCUT2D eigenvalue weighted by Gasteiger charge is -2.28. The van der Waals surface area contributed by atoms with Crippen LogP contribution in [0.25, 0.3) is 0 Å².